The fourth-order valence-corrected chi connectivity index (χ4v) is 1.23. The first-order valence-corrected chi connectivity index (χ1v) is 4.83. The first-order valence-electron chi connectivity index (χ1n) is 4.83. The monoisotopic (exact) mass is 208 g/mol. The summed E-state index contributed by atoms with van der Waals surface area (Å²) in [6.45, 7) is 2.13. The normalized spacial score (nSPS) is 12.2. The van der Waals surface area contributed by atoms with Crippen LogP contribution in [0.4, 0.5) is 5.69 Å². The quantitative estimate of drug-likeness (QED) is 0.777. The third-order valence-electron chi connectivity index (χ3n) is 2.34. The minimum Gasteiger partial charge on any atom is -0.508 e. The first kappa shape index (κ1) is 11.5. The molecular formula is C11H16N2O2. The van der Waals surface area contributed by atoms with E-state index in [2.05, 4.69) is 0 Å². The summed E-state index contributed by atoms with van der Waals surface area (Å²) in [5.74, 6) is -0.0292. The van der Waals surface area contributed by atoms with Crippen LogP contribution in [-0.4, -0.2) is 24.6 Å². The van der Waals surface area contributed by atoms with E-state index in [4.69, 9.17) is 10.8 Å². The zero-order valence-electron chi connectivity index (χ0n) is 8.97. The highest BCUT2D eigenvalue weighted by molar-refractivity contribution is 5.94. The molecule has 3 N–H and O–H groups in total. The number of anilines is 1. The molecule has 0 saturated heterocycles. The van der Waals surface area contributed by atoms with Crippen molar-refractivity contribution < 1.29 is 9.90 Å². The number of phenolic OH excluding ortho intramolecular Hbond substituents is 1. The van der Waals surface area contributed by atoms with E-state index in [1.165, 1.54) is 4.90 Å². The molecule has 0 bridgehead atoms. The van der Waals surface area contributed by atoms with Gasteiger partial charge in [0, 0.05) is 25.2 Å². The Morgan fingerprint density at radius 2 is 2.00 bits per heavy atom. The van der Waals surface area contributed by atoms with Crippen molar-refractivity contribution in [3.05, 3.63) is 24.3 Å². The van der Waals surface area contributed by atoms with Gasteiger partial charge in [0.15, 0.2) is 0 Å². The lowest BCUT2D eigenvalue weighted by Crippen LogP contribution is -2.34. The predicted octanol–water partition coefficient (Wildman–Crippen LogP) is 0.950. The molecular weight excluding hydrogens is 192 g/mol. The molecule has 1 unspecified atom stereocenters. The first-order chi connectivity index (χ1) is 7.06. The third-order valence-corrected chi connectivity index (χ3v) is 2.34. The average Bonchev–Trinajstić information content (AvgIpc) is 2.27. The van der Waals surface area contributed by atoms with Gasteiger partial charge in [-0.3, -0.25) is 4.79 Å². The largest absolute Gasteiger partial charge is 0.508 e. The Balaban J connectivity index is 2.80. The standard InChI is InChI=1S/C11H16N2O2/c1-8(7-12)11(15)13(2)9-3-5-10(14)6-4-9/h3-6,8,14H,7,12H2,1-2H3. The van der Waals surface area contributed by atoms with Crippen molar-refractivity contribution in [2.75, 3.05) is 18.5 Å². The summed E-state index contributed by atoms with van der Waals surface area (Å²) in [5, 5.41) is 9.11. The van der Waals surface area contributed by atoms with Crippen LogP contribution in [0, 0.1) is 5.92 Å². The molecule has 0 spiro atoms. The SMILES string of the molecule is CC(CN)C(=O)N(C)c1ccc(O)cc1. The van der Waals surface area contributed by atoms with Gasteiger partial charge in [0.2, 0.25) is 5.91 Å². The summed E-state index contributed by atoms with van der Waals surface area (Å²) < 4.78 is 0. The summed E-state index contributed by atoms with van der Waals surface area (Å²) in [6, 6.07) is 6.48. The van der Waals surface area contributed by atoms with E-state index in [-0.39, 0.29) is 17.6 Å². The van der Waals surface area contributed by atoms with E-state index in [1.807, 2.05) is 0 Å². The molecule has 1 atom stereocenters. The number of hydrogen-bond acceptors (Lipinski definition) is 3. The molecule has 0 aromatic heterocycles. The maximum atomic E-state index is 11.7. The number of aromatic hydroxyl groups is 1. The summed E-state index contributed by atoms with van der Waals surface area (Å²) in [4.78, 5) is 13.3. The fraction of sp³-hybridized carbons (Fsp3) is 0.364. The molecule has 1 amide bonds. The molecule has 0 radical (unpaired) electrons. The maximum Gasteiger partial charge on any atom is 0.230 e. The van der Waals surface area contributed by atoms with Crippen LogP contribution < -0.4 is 10.6 Å². The van der Waals surface area contributed by atoms with Crippen LogP contribution in [0.3, 0.4) is 0 Å². The lowest BCUT2D eigenvalue weighted by Gasteiger charge is -2.20. The van der Waals surface area contributed by atoms with Crippen LogP contribution in [0.2, 0.25) is 0 Å². The van der Waals surface area contributed by atoms with E-state index in [0.717, 1.165) is 5.69 Å². The van der Waals surface area contributed by atoms with E-state index in [9.17, 15) is 4.79 Å². The molecule has 4 nitrogen and oxygen atoms in total. The third kappa shape index (κ3) is 2.70. The molecule has 0 saturated carbocycles. The highest BCUT2D eigenvalue weighted by Crippen LogP contribution is 2.18. The van der Waals surface area contributed by atoms with Crippen LogP contribution >= 0.6 is 0 Å². The van der Waals surface area contributed by atoms with Gasteiger partial charge in [-0.05, 0) is 24.3 Å². The van der Waals surface area contributed by atoms with Crippen LogP contribution in [0.1, 0.15) is 6.92 Å². The minimum atomic E-state index is -0.191. The Kier molecular flexibility index (Phi) is 3.68. The number of amides is 1. The van der Waals surface area contributed by atoms with Crippen molar-refractivity contribution in [1.29, 1.82) is 0 Å². The highest BCUT2D eigenvalue weighted by atomic mass is 16.3. The van der Waals surface area contributed by atoms with Crippen LogP contribution in [0.25, 0.3) is 0 Å². The van der Waals surface area contributed by atoms with Gasteiger partial charge in [0.1, 0.15) is 5.75 Å². The molecule has 15 heavy (non-hydrogen) atoms. The van der Waals surface area contributed by atoms with Gasteiger partial charge in [-0.25, -0.2) is 0 Å². The van der Waals surface area contributed by atoms with Crippen molar-refractivity contribution in [1.82, 2.24) is 0 Å². The zero-order valence-corrected chi connectivity index (χ0v) is 8.97. The second-order valence-corrected chi connectivity index (χ2v) is 3.55. The Morgan fingerprint density at radius 3 is 2.47 bits per heavy atom. The van der Waals surface area contributed by atoms with Crippen molar-refractivity contribution >= 4 is 11.6 Å². The number of phenols is 1. The second-order valence-electron chi connectivity index (χ2n) is 3.55. The van der Waals surface area contributed by atoms with E-state index < -0.39 is 0 Å². The second kappa shape index (κ2) is 4.79. The minimum absolute atomic E-state index is 0.0248. The number of nitrogens with two attached hydrogens (primary N) is 1. The molecule has 1 aromatic rings. The molecule has 82 valence electrons. The van der Waals surface area contributed by atoms with Crippen molar-refractivity contribution in [2.45, 2.75) is 6.92 Å². The molecule has 0 aliphatic rings. The van der Waals surface area contributed by atoms with Gasteiger partial charge in [0.25, 0.3) is 0 Å². The summed E-state index contributed by atoms with van der Waals surface area (Å²) in [7, 11) is 1.70. The predicted molar refractivity (Wildman–Crippen MR) is 59.7 cm³/mol. The van der Waals surface area contributed by atoms with Gasteiger partial charge in [0.05, 0.1) is 0 Å². The Labute approximate surface area is 89.3 Å². The van der Waals surface area contributed by atoms with E-state index in [1.54, 1.807) is 38.2 Å². The van der Waals surface area contributed by atoms with E-state index in [0.29, 0.717) is 6.54 Å². The summed E-state index contributed by atoms with van der Waals surface area (Å²) >= 11 is 0. The molecule has 0 aliphatic heterocycles. The zero-order chi connectivity index (χ0) is 11.4. The van der Waals surface area contributed by atoms with Gasteiger partial charge < -0.3 is 15.7 Å². The number of carbonyl (C=O) groups is 1. The summed E-state index contributed by atoms with van der Waals surface area (Å²) in [6.07, 6.45) is 0. The molecule has 0 heterocycles. The van der Waals surface area contributed by atoms with Gasteiger partial charge >= 0.3 is 0 Å². The molecule has 0 fully saturated rings. The van der Waals surface area contributed by atoms with Crippen LogP contribution in [0.15, 0.2) is 24.3 Å². The maximum absolute atomic E-state index is 11.7. The number of benzene rings is 1. The Hall–Kier alpha value is -1.55. The van der Waals surface area contributed by atoms with Crippen molar-refractivity contribution in [3.8, 4) is 5.75 Å². The molecule has 1 aromatic carbocycles. The van der Waals surface area contributed by atoms with Gasteiger partial charge in [-0.15, -0.1) is 0 Å². The average molecular weight is 208 g/mol. The fourth-order valence-electron chi connectivity index (χ4n) is 1.23. The Morgan fingerprint density at radius 1 is 1.47 bits per heavy atom. The van der Waals surface area contributed by atoms with Crippen LogP contribution in [0.5, 0.6) is 5.75 Å². The van der Waals surface area contributed by atoms with E-state index >= 15 is 0 Å². The van der Waals surface area contributed by atoms with Gasteiger partial charge in [-0.2, -0.15) is 0 Å². The van der Waals surface area contributed by atoms with Gasteiger partial charge in [-0.1, -0.05) is 6.92 Å². The van der Waals surface area contributed by atoms with Crippen molar-refractivity contribution in [2.24, 2.45) is 11.7 Å². The number of carbonyl (C=O) groups excluding carboxylic acids is 1. The van der Waals surface area contributed by atoms with Crippen molar-refractivity contribution in [3.63, 3.8) is 0 Å². The lowest BCUT2D eigenvalue weighted by molar-refractivity contribution is -0.121. The van der Waals surface area contributed by atoms with Crippen LogP contribution in [-0.2, 0) is 4.79 Å². The summed E-state index contributed by atoms with van der Waals surface area (Å²) in [5.41, 5.74) is 6.17. The molecule has 1 rings (SSSR count). The topological polar surface area (TPSA) is 66.6 Å². The lowest BCUT2D eigenvalue weighted by atomic mass is 10.1. The number of nitrogens with zero attached hydrogens (tertiary/aromatic N) is 1. The molecule has 0 aliphatic carbocycles. The highest BCUT2D eigenvalue weighted by Gasteiger charge is 2.16. The Bertz CT molecular complexity index is 335. The number of hydrogen-bond donors (Lipinski definition) is 2. The smallest absolute Gasteiger partial charge is 0.230 e. The molecule has 4 heteroatoms. The number of rotatable bonds is 3.